The molecule has 3 heteroatoms. The number of hydrogen-bond acceptors (Lipinski definition) is 3. The van der Waals surface area contributed by atoms with Crippen LogP contribution >= 0.6 is 0 Å². The molecule has 3 nitrogen and oxygen atoms in total. The minimum Gasteiger partial charge on any atom is -0.311 e. The van der Waals surface area contributed by atoms with Crippen LogP contribution in [-0.4, -0.2) is 60.1 Å². The summed E-state index contributed by atoms with van der Waals surface area (Å²) in [6.07, 6.45) is 5.55. The molecule has 4 atom stereocenters. The Bertz CT molecular complexity index is 268. The summed E-state index contributed by atoms with van der Waals surface area (Å²) in [5, 5.41) is 3.68. The van der Waals surface area contributed by atoms with Gasteiger partial charge in [-0.05, 0) is 39.2 Å². The van der Waals surface area contributed by atoms with Crippen LogP contribution in [0.25, 0.3) is 0 Å². The van der Waals surface area contributed by atoms with E-state index in [4.69, 9.17) is 0 Å². The molecule has 3 fully saturated rings. The van der Waals surface area contributed by atoms with E-state index >= 15 is 0 Å². The van der Waals surface area contributed by atoms with E-state index in [1.165, 1.54) is 51.9 Å². The van der Waals surface area contributed by atoms with Gasteiger partial charge in [0, 0.05) is 43.8 Å². The molecule has 3 aliphatic heterocycles. The molecule has 17 heavy (non-hydrogen) atoms. The molecule has 0 aromatic heterocycles. The summed E-state index contributed by atoms with van der Waals surface area (Å²) < 4.78 is 0. The second kappa shape index (κ2) is 4.87. The van der Waals surface area contributed by atoms with E-state index < -0.39 is 0 Å². The Labute approximate surface area is 106 Å². The van der Waals surface area contributed by atoms with Crippen molar-refractivity contribution in [2.75, 3.05) is 26.2 Å². The summed E-state index contributed by atoms with van der Waals surface area (Å²) in [5.41, 5.74) is 0. The number of hydrogen-bond donors (Lipinski definition) is 1. The molecule has 0 amide bonds. The largest absolute Gasteiger partial charge is 0.311 e. The summed E-state index contributed by atoms with van der Waals surface area (Å²) >= 11 is 0. The Morgan fingerprint density at radius 3 is 2.88 bits per heavy atom. The van der Waals surface area contributed by atoms with Crippen LogP contribution in [-0.2, 0) is 0 Å². The Hall–Kier alpha value is -0.120. The Balaban J connectivity index is 1.69. The lowest BCUT2D eigenvalue weighted by Crippen LogP contribution is -2.60. The highest BCUT2D eigenvalue weighted by Gasteiger charge is 2.42. The summed E-state index contributed by atoms with van der Waals surface area (Å²) in [7, 11) is 0. The highest BCUT2D eigenvalue weighted by Crippen LogP contribution is 2.33. The van der Waals surface area contributed by atoms with Gasteiger partial charge in [0.2, 0.25) is 0 Å². The molecule has 3 aliphatic rings. The SMILES string of the molecule is CCC1CN(C2CCN3CCCC23)C(C)CN1. The number of nitrogens with zero attached hydrogens (tertiary/aromatic N) is 2. The molecule has 1 N–H and O–H groups in total. The average molecular weight is 237 g/mol. The fourth-order valence-corrected chi connectivity index (χ4v) is 4.13. The van der Waals surface area contributed by atoms with Crippen molar-refractivity contribution in [3.8, 4) is 0 Å². The van der Waals surface area contributed by atoms with Gasteiger partial charge in [0.15, 0.2) is 0 Å². The molecule has 3 heterocycles. The minimum atomic E-state index is 0.724. The summed E-state index contributed by atoms with van der Waals surface area (Å²) in [6.45, 7) is 9.87. The number of nitrogens with one attached hydrogen (secondary N) is 1. The predicted octanol–water partition coefficient (Wildman–Crippen LogP) is 1.30. The van der Waals surface area contributed by atoms with Crippen LogP contribution in [0.15, 0.2) is 0 Å². The van der Waals surface area contributed by atoms with Gasteiger partial charge in [-0.1, -0.05) is 6.92 Å². The zero-order valence-electron chi connectivity index (χ0n) is 11.4. The lowest BCUT2D eigenvalue weighted by molar-refractivity contribution is 0.0737. The van der Waals surface area contributed by atoms with Gasteiger partial charge in [0.1, 0.15) is 0 Å². The van der Waals surface area contributed by atoms with E-state index in [9.17, 15) is 0 Å². The maximum absolute atomic E-state index is 3.68. The van der Waals surface area contributed by atoms with Gasteiger partial charge in [-0.25, -0.2) is 0 Å². The molecular weight excluding hydrogens is 210 g/mol. The van der Waals surface area contributed by atoms with E-state index in [1.54, 1.807) is 0 Å². The van der Waals surface area contributed by atoms with Crippen molar-refractivity contribution in [3.63, 3.8) is 0 Å². The molecule has 0 aromatic rings. The zero-order valence-corrected chi connectivity index (χ0v) is 11.4. The van der Waals surface area contributed by atoms with Crippen molar-refractivity contribution < 1.29 is 0 Å². The van der Waals surface area contributed by atoms with Crippen LogP contribution in [0.4, 0.5) is 0 Å². The van der Waals surface area contributed by atoms with Crippen molar-refractivity contribution in [2.45, 2.75) is 63.7 Å². The van der Waals surface area contributed by atoms with Crippen molar-refractivity contribution in [1.82, 2.24) is 15.1 Å². The van der Waals surface area contributed by atoms with Crippen LogP contribution in [0.1, 0.15) is 39.5 Å². The Morgan fingerprint density at radius 2 is 2.06 bits per heavy atom. The third-order valence-corrected chi connectivity index (χ3v) is 5.19. The maximum Gasteiger partial charge on any atom is 0.0267 e. The summed E-state index contributed by atoms with van der Waals surface area (Å²) in [5.74, 6) is 0. The average Bonchev–Trinajstić information content (AvgIpc) is 2.92. The summed E-state index contributed by atoms with van der Waals surface area (Å²) in [4.78, 5) is 5.56. The van der Waals surface area contributed by atoms with E-state index in [0.29, 0.717) is 0 Å². The van der Waals surface area contributed by atoms with E-state index in [2.05, 4.69) is 29.0 Å². The van der Waals surface area contributed by atoms with Gasteiger partial charge in [-0.15, -0.1) is 0 Å². The number of fused-ring (bicyclic) bond motifs is 1. The first-order chi connectivity index (χ1) is 8.29. The van der Waals surface area contributed by atoms with Gasteiger partial charge in [-0.2, -0.15) is 0 Å². The number of rotatable bonds is 2. The Kier molecular flexibility index (Phi) is 3.42. The van der Waals surface area contributed by atoms with Crippen molar-refractivity contribution in [1.29, 1.82) is 0 Å². The van der Waals surface area contributed by atoms with Crippen LogP contribution in [0, 0.1) is 0 Å². The molecule has 3 saturated heterocycles. The second-order valence-electron chi connectivity index (χ2n) is 6.16. The van der Waals surface area contributed by atoms with E-state index in [-0.39, 0.29) is 0 Å². The summed E-state index contributed by atoms with van der Waals surface area (Å²) in [6, 6.07) is 3.18. The molecule has 0 saturated carbocycles. The first kappa shape index (κ1) is 11.9. The molecule has 3 rings (SSSR count). The molecule has 4 unspecified atom stereocenters. The van der Waals surface area contributed by atoms with Crippen LogP contribution in [0.3, 0.4) is 0 Å². The van der Waals surface area contributed by atoms with Gasteiger partial charge >= 0.3 is 0 Å². The maximum atomic E-state index is 3.68. The standard InChI is InChI=1S/C14H27N3/c1-3-12-10-17(11(2)9-15-12)14-6-8-16-7-4-5-13(14)16/h11-15H,3-10H2,1-2H3. The van der Waals surface area contributed by atoms with Crippen molar-refractivity contribution in [2.24, 2.45) is 0 Å². The molecule has 0 spiro atoms. The van der Waals surface area contributed by atoms with Crippen LogP contribution in [0.5, 0.6) is 0 Å². The van der Waals surface area contributed by atoms with Crippen molar-refractivity contribution >= 4 is 0 Å². The molecule has 0 aliphatic carbocycles. The predicted molar refractivity (Wildman–Crippen MR) is 71.2 cm³/mol. The fourth-order valence-electron chi connectivity index (χ4n) is 4.13. The molecule has 0 bridgehead atoms. The van der Waals surface area contributed by atoms with Gasteiger partial charge in [-0.3, -0.25) is 9.80 Å². The zero-order chi connectivity index (χ0) is 11.8. The smallest absolute Gasteiger partial charge is 0.0267 e. The van der Waals surface area contributed by atoms with Gasteiger partial charge in [0.05, 0.1) is 0 Å². The normalized spacial score (nSPS) is 44.1. The van der Waals surface area contributed by atoms with Crippen LogP contribution in [0.2, 0.25) is 0 Å². The quantitative estimate of drug-likeness (QED) is 0.781. The molecule has 98 valence electrons. The van der Waals surface area contributed by atoms with Crippen molar-refractivity contribution in [3.05, 3.63) is 0 Å². The topological polar surface area (TPSA) is 18.5 Å². The lowest BCUT2D eigenvalue weighted by atomic mass is 9.99. The molecule has 0 aromatic carbocycles. The minimum absolute atomic E-state index is 0.724. The molecular formula is C14H27N3. The van der Waals surface area contributed by atoms with Gasteiger partial charge in [0.25, 0.3) is 0 Å². The first-order valence-corrected chi connectivity index (χ1v) is 7.52. The third kappa shape index (κ3) is 2.13. The third-order valence-electron chi connectivity index (χ3n) is 5.19. The second-order valence-corrected chi connectivity index (χ2v) is 6.16. The number of piperazine rings is 1. The first-order valence-electron chi connectivity index (χ1n) is 7.52. The van der Waals surface area contributed by atoms with E-state index in [1.807, 2.05) is 0 Å². The Morgan fingerprint density at radius 1 is 1.18 bits per heavy atom. The monoisotopic (exact) mass is 237 g/mol. The molecule has 0 radical (unpaired) electrons. The highest BCUT2D eigenvalue weighted by atomic mass is 15.3. The van der Waals surface area contributed by atoms with Crippen LogP contribution < -0.4 is 5.32 Å². The van der Waals surface area contributed by atoms with E-state index in [0.717, 1.165) is 24.2 Å². The highest BCUT2D eigenvalue weighted by molar-refractivity contribution is 5.00. The fraction of sp³-hybridized carbons (Fsp3) is 1.00. The van der Waals surface area contributed by atoms with Gasteiger partial charge < -0.3 is 5.32 Å². The lowest BCUT2D eigenvalue weighted by Gasteiger charge is -2.44.